The standard InChI is InChI=1S/C14H19FN2O/c1-17(8-3-7-15)9-6-11-10-16-12-4-2-5-13(18)14(11)12/h2,4-5,10,16,18H,3,6-9H2,1H3. The quantitative estimate of drug-likeness (QED) is 0.827. The number of nitrogens with zero attached hydrogens (tertiary/aromatic N) is 1. The molecule has 1 aromatic carbocycles. The summed E-state index contributed by atoms with van der Waals surface area (Å²) < 4.78 is 12.1. The van der Waals surface area contributed by atoms with E-state index in [2.05, 4.69) is 9.88 Å². The van der Waals surface area contributed by atoms with E-state index in [-0.39, 0.29) is 6.67 Å². The molecule has 2 rings (SSSR count). The van der Waals surface area contributed by atoms with Gasteiger partial charge in [0, 0.05) is 30.2 Å². The normalized spacial score (nSPS) is 11.5. The molecule has 0 saturated carbocycles. The molecule has 0 radical (unpaired) electrons. The summed E-state index contributed by atoms with van der Waals surface area (Å²) in [5.74, 6) is 0.315. The lowest BCUT2D eigenvalue weighted by atomic mass is 10.1. The number of nitrogens with one attached hydrogen (secondary N) is 1. The van der Waals surface area contributed by atoms with Gasteiger partial charge in [-0.3, -0.25) is 4.39 Å². The van der Waals surface area contributed by atoms with Crippen LogP contribution in [0.1, 0.15) is 12.0 Å². The van der Waals surface area contributed by atoms with Gasteiger partial charge in [-0.2, -0.15) is 0 Å². The van der Waals surface area contributed by atoms with Crippen LogP contribution in [0, 0.1) is 0 Å². The molecule has 0 spiro atoms. The first-order valence-corrected chi connectivity index (χ1v) is 6.25. The number of fused-ring (bicyclic) bond motifs is 1. The zero-order valence-corrected chi connectivity index (χ0v) is 10.6. The predicted molar refractivity (Wildman–Crippen MR) is 71.8 cm³/mol. The van der Waals surface area contributed by atoms with E-state index in [4.69, 9.17) is 0 Å². The van der Waals surface area contributed by atoms with Gasteiger partial charge in [0.05, 0.1) is 6.67 Å². The van der Waals surface area contributed by atoms with E-state index in [0.717, 1.165) is 36.0 Å². The highest BCUT2D eigenvalue weighted by atomic mass is 19.1. The van der Waals surface area contributed by atoms with E-state index in [0.29, 0.717) is 12.2 Å². The number of alkyl halides is 1. The predicted octanol–water partition coefficient (Wildman–Crippen LogP) is 2.71. The number of phenolic OH excluding ortho intramolecular Hbond substituents is 1. The molecular weight excluding hydrogens is 231 g/mol. The average molecular weight is 250 g/mol. The second kappa shape index (κ2) is 5.87. The Morgan fingerprint density at radius 2 is 2.17 bits per heavy atom. The maximum atomic E-state index is 12.1. The van der Waals surface area contributed by atoms with E-state index in [1.807, 2.05) is 25.4 Å². The molecule has 3 nitrogen and oxygen atoms in total. The van der Waals surface area contributed by atoms with Gasteiger partial charge in [0.15, 0.2) is 0 Å². The summed E-state index contributed by atoms with van der Waals surface area (Å²) >= 11 is 0. The molecule has 18 heavy (non-hydrogen) atoms. The molecule has 98 valence electrons. The van der Waals surface area contributed by atoms with Crippen molar-refractivity contribution in [3.05, 3.63) is 30.0 Å². The molecule has 0 amide bonds. The third kappa shape index (κ3) is 2.82. The smallest absolute Gasteiger partial charge is 0.125 e. The largest absolute Gasteiger partial charge is 0.507 e. The van der Waals surface area contributed by atoms with Crippen molar-refractivity contribution < 1.29 is 9.50 Å². The summed E-state index contributed by atoms with van der Waals surface area (Å²) in [7, 11) is 1.99. The molecule has 0 saturated heterocycles. The molecule has 4 heteroatoms. The molecule has 0 bridgehead atoms. The molecule has 0 unspecified atom stereocenters. The zero-order valence-electron chi connectivity index (χ0n) is 10.6. The van der Waals surface area contributed by atoms with Crippen molar-refractivity contribution in [2.75, 3.05) is 26.8 Å². The van der Waals surface area contributed by atoms with Crippen molar-refractivity contribution in [3.63, 3.8) is 0 Å². The van der Waals surface area contributed by atoms with Crippen LogP contribution in [0.4, 0.5) is 4.39 Å². The van der Waals surface area contributed by atoms with Crippen molar-refractivity contribution in [1.29, 1.82) is 0 Å². The second-order valence-corrected chi connectivity index (χ2v) is 4.61. The first kappa shape index (κ1) is 12.9. The van der Waals surface area contributed by atoms with Gasteiger partial charge in [-0.15, -0.1) is 0 Å². The summed E-state index contributed by atoms with van der Waals surface area (Å²) in [6.07, 6.45) is 3.36. The third-order valence-corrected chi connectivity index (χ3v) is 3.20. The number of likely N-dealkylation sites (N-methyl/N-ethyl adjacent to an activating group) is 1. The van der Waals surface area contributed by atoms with Gasteiger partial charge in [0.1, 0.15) is 5.75 Å². The van der Waals surface area contributed by atoms with Crippen LogP contribution in [0.3, 0.4) is 0 Å². The Hall–Kier alpha value is -1.55. The maximum absolute atomic E-state index is 12.1. The second-order valence-electron chi connectivity index (χ2n) is 4.61. The summed E-state index contributed by atoms with van der Waals surface area (Å²) in [4.78, 5) is 5.27. The summed E-state index contributed by atoms with van der Waals surface area (Å²) in [5, 5.41) is 10.8. The highest BCUT2D eigenvalue weighted by Crippen LogP contribution is 2.27. The third-order valence-electron chi connectivity index (χ3n) is 3.20. The average Bonchev–Trinajstić information content (AvgIpc) is 2.78. The molecule has 0 aliphatic rings. The summed E-state index contributed by atoms with van der Waals surface area (Å²) in [5.41, 5.74) is 2.06. The number of aromatic amines is 1. The van der Waals surface area contributed by atoms with Crippen molar-refractivity contribution in [2.24, 2.45) is 0 Å². The van der Waals surface area contributed by atoms with E-state index < -0.39 is 0 Å². The lowest BCUT2D eigenvalue weighted by Gasteiger charge is -2.15. The van der Waals surface area contributed by atoms with Crippen molar-refractivity contribution in [1.82, 2.24) is 9.88 Å². The Morgan fingerprint density at radius 1 is 1.33 bits per heavy atom. The lowest BCUT2D eigenvalue weighted by molar-refractivity contribution is 0.313. The zero-order chi connectivity index (χ0) is 13.0. The molecule has 0 fully saturated rings. The fraction of sp³-hybridized carbons (Fsp3) is 0.429. The Kier molecular flexibility index (Phi) is 4.20. The number of aromatic hydroxyl groups is 1. The topological polar surface area (TPSA) is 39.3 Å². The van der Waals surface area contributed by atoms with Crippen LogP contribution in [0.15, 0.2) is 24.4 Å². The number of H-pyrrole nitrogens is 1. The van der Waals surface area contributed by atoms with Gasteiger partial charge in [-0.1, -0.05) is 6.07 Å². The molecule has 2 N–H and O–H groups in total. The van der Waals surface area contributed by atoms with Crippen LogP contribution in [0.5, 0.6) is 5.75 Å². The number of rotatable bonds is 6. The lowest BCUT2D eigenvalue weighted by Crippen LogP contribution is -2.22. The van der Waals surface area contributed by atoms with Crippen LogP contribution >= 0.6 is 0 Å². The Bertz CT molecular complexity index is 509. The minimum atomic E-state index is -0.266. The monoisotopic (exact) mass is 250 g/mol. The van der Waals surface area contributed by atoms with Gasteiger partial charge < -0.3 is 15.0 Å². The van der Waals surface area contributed by atoms with Crippen LogP contribution in [0.25, 0.3) is 10.9 Å². The molecule has 0 aliphatic carbocycles. The fourth-order valence-electron chi connectivity index (χ4n) is 2.18. The van der Waals surface area contributed by atoms with E-state index in [1.54, 1.807) is 6.07 Å². The highest BCUT2D eigenvalue weighted by Gasteiger charge is 2.08. The van der Waals surface area contributed by atoms with E-state index in [1.165, 1.54) is 0 Å². The van der Waals surface area contributed by atoms with E-state index >= 15 is 0 Å². The first-order valence-electron chi connectivity index (χ1n) is 6.25. The summed E-state index contributed by atoms with van der Waals surface area (Å²) in [6, 6.07) is 5.48. The van der Waals surface area contributed by atoms with Gasteiger partial charge in [0.25, 0.3) is 0 Å². The van der Waals surface area contributed by atoms with Crippen LogP contribution < -0.4 is 0 Å². The van der Waals surface area contributed by atoms with Crippen molar-refractivity contribution >= 4 is 10.9 Å². The minimum Gasteiger partial charge on any atom is -0.507 e. The van der Waals surface area contributed by atoms with Crippen LogP contribution in [0.2, 0.25) is 0 Å². The molecule has 1 aromatic heterocycles. The Balaban J connectivity index is 2.04. The maximum Gasteiger partial charge on any atom is 0.125 e. The number of phenols is 1. The number of hydrogen-bond donors (Lipinski definition) is 2. The van der Waals surface area contributed by atoms with Gasteiger partial charge >= 0.3 is 0 Å². The van der Waals surface area contributed by atoms with Gasteiger partial charge in [0.2, 0.25) is 0 Å². The molecule has 2 aromatic rings. The van der Waals surface area contributed by atoms with Gasteiger partial charge in [-0.05, 0) is 37.6 Å². The van der Waals surface area contributed by atoms with Crippen LogP contribution in [-0.2, 0) is 6.42 Å². The molecule has 1 heterocycles. The first-order chi connectivity index (χ1) is 8.72. The van der Waals surface area contributed by atoms with Crippen molar-refractivity contribution in [3.8, 4) is 5.75 Å². The van der Waals surface area contributed by atoms with Crippen LogP contribution in [-0.4, -0.2) is 41.8 Å². The fourth-order valence-corrected chi connectivity index (χ4v) is 2.18. The van der Waals surface area contributed by atoms with E-state index in [9.17, 15) is 9.50 Å². The summed E-state index contributed by atoms with van der Waals surface area (Å²) in [6.45, 7) is 1.37. The Morgan fingerprint density at radius 3 is 2.94 bits per heavy atom. The van der Waals surface area contributed by atoms with Crippen molar-refractivity contribution in [2.45, 2.75) is 12.8 Å². The minimum absolute atomic E-state index is 0.266. The van der Waals surface area contributed by atoms with Gasteiger partial charge in [-0.25, -0.2) is 0 Å². The number of aromatic nitrogens is 1. The number of hydrogen-bond acceptors (Lipinski definition) is 2. The SMILES string of the molecule is CN(CCCF)CCc1c[nH]c2cccc(O)c12. The Labute approximate surface area is 106 Å². The molecular formula is C14H19FN2O. The number of halogens is 1. The highest BCUT2D eigenvalue weighted by molar-refractivity contribution is 5.88. The number of benzene rings is 1. The molecule has 0 aliphatic heterocycles. The molecule has 0 atom stereocenters.